The smallest absolute Gasteiger partial charge is 0.243 e. The van der Waals surface area contributed by atoms with E-state index in [-0.39, 0.29) is 17.9 Å². The van der Waals surface area contributed by atoms with Gasteiger partial charge in [-0.2, -0.15) is 11.8 Å². The van der Waals surface area contributed by atoms with Gasteiger partial charge < -0.3 is 10.2 Å². The minimum absolute atomic E-state index is 0.0296. The molecule has 3 aromatic rings. The van der Waals surface area contributed by atoms with Crippen molar-refractivity contribution in [1.29, 1.82) is 0 Å². The number of hydrogen-bond acceptors (Lipinski definition) is 3. The first-order valence-corrected chi connectivity index (χ1v) is 14.1. The molecule has 0 saturated heterocycles. The van der Waals surface area contributed by atoms with Gasteiger partial charge in [0, 0.05) is 36.9 Å². The predicted octanol–water partition coefficient (Wildman–Crippen LogP) is 6.01. The van der Waals surface area contributed by atoms with E-state index in [4.69, 9.17) is 0 Å². The molecule has 1 fully saturated rings. The van der Waals surface area contributed by atoms with Gasteiger partial charge in [0.25, 0.3) is 0 Å². The van der Waals surface area contributed by atoms with Crippen molar-refractivity contribution in [3.8, 4) is 0 Å². The van der Waals surface area contributed by atoms with Gasteiger partial charge in [0.05, 0.1) is 0 Å². The Hall–Kier alpha value is -3.05. The number of carbonyl (C=O) groups is 2. The molecule has 3 aromatic carbocycles. The molecule has 1 aliphatic carbocycles. The number of amides is 2. The molecule has 4 nitrogen and oxygen atoms in total. The van der Waals surface area contributed by atoms with E-state index in [1.165, 1.54) is 5.56 Å². The summed E-state index contributed by atoms with van der Waals surface area (Å²) in [6.45, 7) is 0.429. The van der Waals surface area contributed by atoms with Crippen molar-refractivity contribution in [1.82, 2.24) is 10.2 Å². The summed E-state index contributed by atoms with van der Waals surface area (Å²) in [7, 11) is 0. The van der Waals surface area contributed by atoms with Crippen LogP contribution in [0.1, 0.15) is 48.8 Å². The van der Waals surface area contributed by atoms with E-state index in [0.29, 0.717) is 19.4 Å². The molecule has 4 rings (SSSR count). The highest BCUT2D eigenvalue weighted by atomic mass is 32.2. The van der Waals surface area contributed by atoms with Crippen LogP contribution in [0.4, 0.5) is 0 Å². The van der Waals surface area contributed by atoms with E-state index >= 15 is 0 Å². The van der Waals surface area contributed by atoms with Crippen LogP contribution in [0.3, 0.4) is 0 Å². The molecular formula is C31H36N2O2S. The first-order chi connectivity index (χ1) is 17.7. The van der Waals surface area contributed by atoms with Gasteiger partial charge in [-0.25, -0.2) is 0 Å². The summed E-state index contributed by atoms with van der Waals surface area (Å²) in [5.74, 6) is 1.60. The highest BCUT2D eigenvalue weighted by Gasteiger charge is 2.31. The van der Waals surface area contributed by atoms with Crippen molar-refractivity contribution in [3.63, 3.8) is 0 Å². The van der Waals surface area contributed by atoms with Crippen LogP contribution in [-0.4, -0.2) is 34.6 Å². The minimum atomic E-state index is -0.542. The van der Waals surface area contributed by atoms with Crippen LogP contribution in [-0.2, 0) is 28.3 Å². The Morgan fingerprint density at radius 1 is 0.806 bits per heavy atom. The third-order valence-corrected chi connectivity index (χ3v) is 7.77. The molecule has 1 N–H and O–H groups in total. The molecule has 0 bridgehead atoms. The highest BCUT2D eigenvalue weighted by molar-refractivity contribution is 7.98. The standard InChI is InChI=1S/C31H36N2O2S/c34-30(20-21-36-24-27-16-8-3-9-17-27)33(23-26-14-6-2-7-15-26)29(22-25-12-4-1-5-13-25)31(35)32-28-18-10-11-19-28/h1-9,12-17,28-29H,10-11,18-24H2,(H,32,35)/t29-/m0/s1. The van der Waals surface area contributed by atoms with Crippen LogP contribution >= 0.6 is 11.8 Å². The summed E-state index contributed by atoms with van der Waals surface area (Å²) in [4.78, 5) is 29.1. The lowest BCUT2D eigenvalue weighted by Gasteiger charge is -2.32. The van der Waals surface area contributed by atoms with Gasteiger partial charge in [0.2, 0.25) is 11.8 Å². The second kappa shape index (κ2) is 13.9. The molecule has 1 aliphatic rings. The summed E-state index contributed by atoms with van der Waals surface area (Å²) in [6.07, 6.45) is 5.26. The maximum absolute atomic E-state index is 13.7. The molecular weight excluding hydrogens is 464 g/mol. The normalized spacial score (nSPS) is 14.3. The second-order valence-electron chi connectivity index (χ2n) is 9.49. The molecule has 5 heteroatoms. The number of nitrogens with zero attached hydrogens (tertiary/aromatic N) is 1. The maximum Gasteiger partial charge on any atom is 0.243 e. The zero-order valence-corrected chi connectivity index (χ0v) is 21.7. The molecule has 2 amide bonds. The van der Waals surface area contributed by atoms with Crippen LogP contribution in [0, 0.1) is 0 Å². The van der Waals surface area contributed by atoms with Gasteiger partial charge in [-0.1, -0.05) is 104 Å². The molecule has 0 aromatic heterocycles. The second-order valence-corrected chi connectivity index (χ2v) is 10.6. The molecule has 0 unspecified atom stereocenters. The summed E-state index contributed by atoms with van der Waals surface area (Å²) in [5, 5.41) is 3.27. The van der Waals surface area contributed by atoms with Crippen LogP contribution in [0.2, 0.25) is 0 Å². The maximum atomic E-state index is 13.7. The molecule has 0 heterocycles. The van der Waals surface area contributed by atoms with E-state index in [2.05, 4.69) is 17.4 Å². The van der Waals surface area contributed by atoms with E-state index < -0.39 is 6.04 Å². The molecule has 1 atom stereocenters. The average Bonchev–Trinajstić information content (AvgIpc) is 3.43. The van der Waals surface area contributed by atoms with Crippen LogP contribution in [0.5, 0.6) is 0 Å². The Labute approximate surface area is 219 Å². The predicted molar refractivity (Wildman–Crippen MR) is 149 cm³/mol. The number of benzene rings is 3. The highest BCUT2D eigenvalue weighted by Crippen LogP contribution is 2.21. The lowest BCUT2D eigenvalue weighted by Crippen LogP contribution is -2.52. The Morgan fingerprint density at radius 2 is 1.36 bits per heavy atom. The van der Waals surface area contributed by atoms with Gasteiger partial charge in [-0.15, -0.1) is 0 Å². The van der Waals surface area contributed by atoms with Crippen LogP contribution in [0.15, 0.2) is 91.0 Å². The van der Waals surface area contributed by atoms with E-state index in [1.54, 1.807) is 11.8 Å². The zero-order valence-electron chi connectivity index (χ0n) is 20.9. The van der Waals surface area contributed by atoms with Crippen molar-refractivity contribution in [2.45, 2.75) is 62.9 Å². The quantitative estimate of drug-likeness (QED) is 0.310. The fourth-order valence-corrected chi connectivity index (χ4v) is 5.66. The van der Waals surface area contributed by atoms with E-state index in [1.807, 2.05) is 83.8 Å². The molecule has 0 aliphatic heterocycles. The monoisotopic (exact) mass is 500 g/mol. The summed E-state index contributed by atoms with van der Waals surface area (Å²) < 4.78 is 0. The number of thioether (sulfide) groups is 1. The first-order valence-electron chi connectivity index (χ1n) is 13.0. The van der Waals surface area contributed by atoms with E-state index in [0.717, 1.165) is 48.3 Å². The Bertz CT molecular complexity index is 1070. The summed E-state index contributed by atoms with van der Waals surface area (Å²) in [5.41, 5.74) is 3.36. The van der Waals surface area contributed by atoms with Gasteiger partial charge in [0.1, 0.15) is 6.04 Å². The van der Waals surface area contributed by atoms with E-state index in [9.17, 15) is 9.59 Å². The lowest BCUT2D eigenvalue weighted by molar-refractivity contribution is -0.141. The Morgan fingerprint density at radius 3 is 1.97 bits per heavy atom. The molecule has 1 saturated carbocycles. The minimum Gasteiger partial charge on any atom is -0.352 e. The van der Waals surface area contributed by atoms with Crippen molar-refractivity contribution in [2.75, 3.05) is 5.75 Å². The summed E-state index contributed by atoms with van der Waals surface area (Å²) in [6, 6.07) is 30.0. The SMILES string of the molecule is O=C(NC1CCCC1)[C@H](Cc1ccccc1)N(Cc1ccccc1)C(=O)CCSCc1ccccc1. The molecule has 36 heavy (non-hydrogen) atoms. The molecule has 188 valence electrons. The fraction of sp³-hybridized carbons (Fsp3) is 0.355. The first kappa shape index (κ1) is 26.0. The van der Waals surface area contributed by atoms with Gasteiger partial charge >= 0.3 is 0 Å². The number of hydrogen-bond donors (Lipinski definition) is 1. The van der Waals surface area contributed by atoms with Gasteiger partial charge in [0.15, 0.2) is 0 Å². The molecule has 0 radical (unpaired) electrons. The average molecular weight is 501 g/mol. The Kier molecular flexibility index (Phi) is 10.0. The third kappa shape index (κ3) is 7.99. The third-order valence-electron chi connectivity index (χ3n) is 6.74. The number of carbonyl (C=O) groups excluding carboxylic acids is 2. The summed E-state index contributed by atoms with van der Waals surface area (Å²) >= 11 is 1.76. The van der Waals surface area contributed by atoms with Crippen molar-refractivity contribution < 1.29 is 9.59 Å². The van der Waals surface area contributed by atoms with Crippen molar-refractivity contribution in [3.05, 3.63) is 108 Å². The van der Waals surface area contributed by atoms with Crippen LogP contribution < -0.4 is 5.32 Å². The number of rotatable bonds is 12. The zero-order chi connectivity index (χ0) is 25.0. The number of nitrogens with one attached hydrogen (secondary N) is 1. The fourth-order valence-electron chi connectivity index (χ4n) is 4.77. The lowest BCUT2D eigenvalue weighted by atomic mass is 10.0. The molecule has 0 spiro atoms. The van der Waals surface area contributed by atoms with Crippen LogP contribution in [0.25, 0.3) is 0 Å². The topological polar surface area (TPSA) is 49.4 Å². The van der Waals surface area contributed by atoms with Gasteiger partial charge in [-0.05, 0) is 29.5 Å². The van der Waals surface area contributed by atoms with Crippen molar-refractivity contribution in [2.24, 2.45) is 0 Å². The largest absolute Gasteiger partial charge is 0.352 e. The van der Waals surface area contributed by atoms with Crippen molar-refractivity contribution >= 4 is 23.6 Å². The Balaban J connectivity index is 1.50. The van der Waals surface area contributed by atoms with Gasteiger partial charge in [-0.3, -0.25) is 9.59 Å².